The lowest BCUT2D eigenvalue weighted by Gasteiger charge is -2.26. The second-order valence-electron chi connectivity index (χ2n) is 5.21. The number of aromatic nitrogens is 1. The number of nitrogens with zero attached hydrogens (tertiary/aromatic N) is 2. The first-order chi connectivity index (χ1) is 10.3. The Balaban J connectivity index is 1.75. The third-order valence-electron chi connectivity index (χ3n) is 3.71. The number of rotatable bonds is 3. The van der Waals surface area contributed by atoms with Gasteiger partial charge in [-0.15, -0.1) is 22.9 Å². The molecule has 110 valence electrons. The summed E-state index contributed by atoms with van der Waals surface area (Å²) in [5.41, 5.74) is 2.69. The third kappa shape index (κ3) is 3.27. The highest BCUT2D eigenvalue weighted by Gasteiger charge is 2.18. The lowest BCUT2D eigenvalue weighted by Crippen LogP contribution is -2.35. The fraction of sp³-hybridized carbons (Fsp3) is 0.375. The number of piperidine rings is 1. The van der Waals surface area contributed by atoms with Gasteiger partial charge in [-0.25, -0.2) is 4.98 Å². The van der Waals surface area contributed by atoms with E-state index in [1.807, 2.05) is 34.5 Å². The highest BCUT2D eigenvalue weighted by molar-refractivity contribution is 7.13. The number of alkyl halides is 1. The molecule has 3 nitrogen and oxygen atoms in total. The summed E-state index contributed by atoms with van der Waals surface area (Å²) < 4.78 is 0. The summed E-state index contributed by atoms with van der Waals surface area (Å²) in [6, 6.07) is 7.73. The van der Waals surface area contributed by atoms with Crippen LogP contribution in [-0.2, 0) is 5.88 Å². The molecule has 0 spiro atoms. The van der Waals surface area contributed by atoms with Crippen LogP contribution in [-0.4, -0.2) is 28.9 Å². The van der Waals surface area contributed by atoms with Crippen molar-refractivity contribution in [3.8, 4) is 10.6 Å². The largest absolute Gasteiger partial charge is 0.339 e. The number of benzene rings is 1. The Hall–Kier alpha value is -1.39. The van der Waals surface area contributed by atoms with Crippen LogP contribution in [0.3, 0.4) is 0 Å². The van der Waals surface area contributed by atoms with Crippen LogP contribution < -0.4 is 0 Å². The number of hydrogen-bond donors (Lipinski definition) is 0. The van der Waals surface area contributed by atoms with Crippen LogP contribution in [0.1, 0.15) is 35.3 Å². The van der Waals surface area contributed by atoms with Gasteiger partial charge in [-0.2, -0.15) is 0 Å². The number of likely N-dealkylation sites (tertiary alicyclic amines) is 1. The molecule has 1 aliphatic rings. The van der Waals surface area contributed by atoms with Gasteiger partial charge in [-0.05, 0) is 31.4 Å². The van der Waals surface area contributed by atoms with Gasteiger partial charge in [-0.3, -0.25) is 4.79 Å². The summed E-state index contributed by atoms with van der Waals surface area (Å²) in [5, 5.41) is 2.91. The third-order valence-corrected chi connectivity index (χ3v) is 4.92. The quantitative estimate of drug-likeness (QED) is 0.795. The van der Waals surface area contributed by atoms with E-state index in [-0.39, 0.29) is 5.91 Å². The van der Waals surface area contributed by atoms with E-state index in [0.29, 0.717) is 5.88 Å². The SMILES string of the molecule is O=C(c1ccc(-c2nc(CCl)cs2)cc1)N1CCCCC1. The highest BCUT2D eigenvalue weighted by atomic mass is 35.5. The zero-order valence-electron chi connectivity index (χ0n) is 11.7. The number of carbonyl (C=O) groups excluding carboxylic acids is 1. The lowest BCUT2D eigenvalue weighted by atomic mass is 10.1. The molecule has 0 N–H and O–H groups in total. The van der Waals surface area contributed by atoms with Gasteiger partial charge in [-0.1, -0.05) is 12.1 Å². The molecule has 1 amide bonds. The van der Waals surface area contributed by atoms with Crippen LogP contribution in [0.4, 0.5) is 0 Å². The summed E-state index contributed by atoms with van der Waals surface area (Å²) in [7, 11) is 0. The predicted molar refractivity (Wildman–Crippen MR) is 86.9 cm³/mol. The molecule has 1 aliphatic heterocycles. The molecule has 2 heterocycles. The first-order valence-corrected chi connectivity index (χ1v) is 8.59. The second-order valence-corrected chi connectivity index (χ2v) is 6.33. The minimum Gasteiger partial charge on any atom is -0.339 e. The van der Waals surface area contributed by atoms with E-state index < -0.39 is 0 Å². The Morgan fingerprint density at radius 3 is 2.52 bits per heavy atom. The zero-order valence-corrected chi connectivity index (χ0v) is 13.3. The number of carbonyl (C=O) groups is 1. The van der Waals surface area contributed by atoms with Crippen molar-refractivity contribution < 1.29 is 4.79 Å². The molecule has 3 rings (SSSR count). The Labute approximate surface area is 133 Å². The van der Waals surface area contributed by atoms with E-state index in [4.69, 9.17) is 11.6 Å². The summed E-state index contributed by atoms with van der Waals surface area (Å²) >= 11 is 7.35. The molecule has 0 atom stereocenters. The highest BCUT2D eigenvalue weighted by Crippen LogP contribution is 2.25. The van der Waals surface area contributed by atoms with E-state index in [2.05, 4.69) is 4.98 Å². The summed E-state index contributed by atoms with van der Waals surface area (Å²) in [6.45, 7) is 1.76. The second kappa shape index (κ2) is 6.58. The van der Waals surface area contributed by atoms with Crippen molar-refractivity contribution >= 4 is 28.8 Å². The molecule has 1 saturated heterocycles. The average molecular weight is 321 g/mol. The van der Waals surface area contributed by atoms with E-state index in [0.717, 1.165) is 47.8 Å². The fourth-order valence-corrected chi connectivity index (χ4v) is 3.59. The van der Waals surface area contributed by atoms with Crippen LogP contribution in [0.5, 0.6) is 0 Å². The molecule has 21 heavy (non-hydrogen) atoms. The smallest absolute Gasteiger partial charge is 0.253 e. The number of amides is 1. The van der Waals surface area contributed by atoms with Gasteiger partial charge in [0, 0.05) is 29.6 Å². The van der Waals surface area contributed by atoms with Gasteiger partial charge in [0.15, 0.2) is 0 Å². The van der Waals surface area contributed by atoms with Gasteiger partial charge in [0.2, 0.25) is 0 Å². The minimum atomic E-state index is 0.141. The van der Waals surface area contributed by atoms with E-state index in [9.17, 15) is 4.79 Å². The van der Waals surface area contributed by atoms with Gasteiger partial charge >= 0.3 is 0 Å². The Bertz CT molecular complexity index is 617. The Morgan fingerprint density at radius 1 is 1.19 bits per heavy atom. The molecular weight excluding hydrogens is 304 g/mol. The van der Waals surface area contributed by atoms with Gasteiger partial charge < -0.3 is 4.90 Å². The minimum absolute atomic E-state index is 0.141. The first-order valence-electron chi connectivity index (χ1n) is 7.18. The van der Waals surface area contributed by atoms with Crippen molar-refractivity contribution in [1.29, 1.82) is 0 Å². The molecule has 1 fully saturated rings. The van der Waals surface area contributed by atoms with Gasteiger partial charge in [0.25, 0.3) is 5.91 Å². The van der Waals surface area contributed by atoms with E-state index in [1.165, 1.54) is 6.42 Å². The van der Waals surface area contributed by atoms with Crippen LogP contribution in [0, 0.1) is 0 Å². The fourth-order valence-electron chi connectivity index (χ4n) is 2.54. The average Bonchev–Trinajstić information content (AvgIpc) is 3.04. The van der Waals surface area contributed by atoms with Gasteiger partial charge in [0.05, 0.1) is 11.6 Å². The van der Waals surface area contributed by atoms with Crippen LogP contribution in [0.2, 0.25) is 0 Å². The van der Waals surface area contributed by atoms with Crippen molar-refractivity contribution in [3.05, 3.63) is 40.9 Å². The van der Waals surface area contributed by atoms with E-state index in [1.54, 1.807) is 11.3 Å². The Kier molecular flexibility index (Phi) is 4.56. The van der Waals surface area contributed by atoms with E-state index >= 15 is 0 Å². The van der Waals surface area contributed by atoms with Crippen molar-refractivity contribution in [1.82, 2.24) is 9.88 Å². The van der Waals surface area contributed by atoms with Crippen LogP contribution >= 0.6 is 22.9 Å². The number of thiazole rings is 1. The topological polar surface area (TPSA) is 33.2 Å². The van der Waals surface area contributed by atoms with Crippen LogP contribution in [0.25, 0.3) is 10.6 Å². The van der Waals surface area contributed by atoms with Crippen molar-refractivity contribution in [2.45, 2.75) is 25.1 Å². The summed E-state index contributed by atoms with van der Waals surface area (Å²) in [4.78, 5) is 18.8. The molecule has 0 bridgehead atoms. The maximum Gasteiger partial charge on any atom is 0.253 e. The zero-order chi connectivity index (χ0) is 14.7. The van der Waals surface area contributed by atoms with Crippen molar-refractivity contribution in [2.75, 3.05) is 13.1 Å². The standard InChI is InChI=1S/C16H17ClN2OS/c17-10-14-11-21-15(18-14)12-4-6-13(7-5-12)16(20)19-8-2-1-3-9-19/h4-7,11H,1-3,8-10H2. The molecular formula is C16H17ClN2OS. The Morgan fingerprint density at radius 2 is 1.90 bits per heavy atom. The molecule has 0 radical (unpaired) electrons. The molecule has 0 unspecified atom stereocenters. The molecule has 5 heteroatoms. The first kappa shape index (κ1) is 14.5. The normalized spacial score (nSPS) is 15.2. The molecule has 1 aromatic carbocycles. The maximum absolute atomic E-state index is 12.4. The van der Waals surface area contributed by atoms with Crippen molar-refractivity contribution in [2.24, 2.45) is 0 Å². The lowest BCUT2D eigenvalue weighted by molar-refractivity contribution is 0.0724. The molecule has 2 aromatic rings. The van der Waals surface area contributed by atoms with Crippen LogP contribution in [0.15, 0.2) is 29.6 Å². The maximum atomic E-state index is 12.4. The molecule has 0 aliphatic carbocycles. The number of halogens is 1. The predicted octanol–water partition coefficient (Wildman–Crippen LogP) is 4.18. The summed E-state index contributed by atoms with van der Waals surface area (Å²) in [6.07, 6.45) is 3.46. The summed E-state index contributed by atoms with van der Waals surface area (Å²) in [5.74, 6) is 0.573. The monoisotopic (exact) mass is 320 g/mol. The molecule has 1 aromatic heterocycles. The van der Waals surface area contributed by atoms with Gasteiger partial charge in [0.1, 0.15) is 5.01 Å². The number of hydrogen-bond acceptors (Lipinski definition) is 3. The van der Waals surface area contributed by atoms with Crippen molar-refractivity contribution in [3.63, 3.8) is 0 Å². The molecule has 0 saturated carbocycles.